The summed E-state index contributed by atoms with van der Waals surface area (Å²) in [5.41, 5.74) is 0.780. The zero-order chi connectivity index (χ0) is 11.8. The second-order valence-corrected chi connectivity index (χ2v) is 3.45. The lowest BCUT2D eigenvalue weighted by atomic mass is 10.2. The van der Waals surface area contributed by atoms with Crippen LogP contribution in [0.2, 0.25) is 0 Å². The van der Waals surface area contributed by atoms with Gasteiger partial charge in [0.2, 0.25) is 5.91 Å². The van der Waals surface area contributed by atoms with E-state index >= 15 is 0 Å². The molecule has 1 rings (SSSR count). The van der Waals surface area contributed by atoms with Crippen LogP contribution in [0.3, 0.4) is 0 Å². The average Bonchev–Trinajstić information content (AvgIpc) is 2.29. The van der Waals surface area contributed by atoms with Crippen molar-refractivity contribution in [3.05, 3.63) is 29.8 Å². The predicted octanol–water partition coefficient (Wildman–Crippen LogP) is 1.08. The van der Waals surface area contributed by atoms with Gasteiger partial charge in [0, 0.05) is 19.0 Å². The molecule has 0 bridgehead atoms. The molecular weight excluding hydrogens is 206 g/mol. The van der Waals surface area contributed by atoms with Gasteiger partial charge in [-0.25, -0.2) is 0 Å². The molecule has 0 unspecified atom stereocenters. The summed E-state index contributed by atoms with van der Waals surface area (Å²) in [5, 5.41) is 11.7. The van der Waals surface area contributed by atoms with Crippen molar-refractivity contribution >= 4 is 5.91 Å². The first-order valence-electron chi connectivity index (χ1n) is 5.30. The zero-order valence-corrected chi connectivity index (χ0v) is 9.40. The molecule has 0 saturated heterocycles. The third-order valence-corrected chi connectivity index (χ3v) is 2.10. The van der Waals surface area contributed by atoms with Crippen molar-refractivity contribution in [2.75, 3.05) is 13.2 Å². The molecule has 1 amide bonds. The number of aliphatic hydroxyl groups is 1. The molecule has 88 valence electrons. The fourth-order valence-electron chi connectivity index (χ4n) is 1.29. The summed E-state index contributed by atoms with van der Waals surface area (Å²) in [7, 11) is 0. The molecule has 4 heteroatoms. The fourth-order valence-corrected chi connectivity index (χ4v) is 1.29. The van der Waals surface area contributed by atoms with Crippen LogP contribution in [-0.4, -0.2) is 24.2 Å². The Kier molecular flexibility index (Phi) is 5.36. The van der Waals surface area contributed by atoms with Crippen molar-refractivity contribution in [3.8, 4) is 5.75 Å². The molecule has 0 saturated carbocycles. The number of para-hydroxylation sites is 1. The first kappa shape index (κ1) is 12.5. The molecular formula is C12H17NO3. The van der Waals surface area contributed by atoms with Gasteiger partial charge >= 0.3 is 0 Å². The molecule has 0 atom stereocenters. The van der Waals surface area contributed by atoms with Gasteiger partial charge < -0.3 is 15.2 Å². The number of hydrogen-bond acceptors (Lipinski definition) is 3. The van der Waals surface area contributed by atoms with Crippen LogP contribution in [0.25, 0.3) is 0 Å². The molecule has 16 heavy (non-hydrogen) atoms. The van der Waals surface area contributed by atoms with E-state index in [2.05, 4.69) is 5.32 Å². The molecule has 0 aliphatic heterocycles. The van der Waals surface area contributed by atoms with E-state index in [9.17, 15) is 4.79 Å². The quantitative estimate of drug-likeness (QED) is 0.710. The number of ether oxygens (including phenoxy) is 1. The minimum absolute atomic E-state index is 0.0259. The van der Waals surface area contributed by atoms with Crippen molar-refractivity contribution in [1.82, 2.24) is 5.32 Å². The smallest absolute Gasteiger partial charge is 0.216 e. The van der Waals surface area contributed by atoms with E-state index in [1.54, 1.807) is 0 Å². The monoisotopic (exact) mass is 223 g/mol. The molecule has 0 fully saturated rings. The van der Waals surface area contributed by atoms with Crippen LogP contribution in [0.4, 0.5) is 0 Å². The van der Waals surface area contributed by atoms with Crippen LogP contribution in [-0.2, 0) is 11.4 Å². The van der Waals surface area contributed by atoms with E-state index in [4.69, 9.17) is 9.84 Å². The first-order valence-corrected chi connectivity index (χ1v) is 5.30. The molecule has 2 N–H and O–H groups in total. The second kappa shape index (κ2) is 6.85. The van der Waals surface area contributed by atoms with E-state index in [0.29, 0.717) is 18.9 Å². The predicted molar refractivity (Wildman–Crippen MR) is 61.2 cm³/mol. The third kappa shape index (κ3) is 4.31. The summed E-state index contributed by atoms with van der Waals surface area (Å²) in [4.78, 5) is 10.6. The largest absolute Gasteiger partial charge is 0.493 e. The number of rotatable bonds is 6. The van der Waals surface area contributed by atoms with Crippen LogP contribution < -0.4 is 10.1 Å². The highest BCUT2D eigenvalue weighted by Crippen LogP contribution is 2.17. The Labute approximate surface area is 95.2 Å². The Bertz CT molecular complexity index is 339. The molecule has 0 aliphatic rings. The summed E-state index contributed by atoms with van der Waals surface area (Å²) in [6, 6.07) is 7.37. The van der Waals surface area contributed by atoms with Crippen LogP contribution in [0.1, 0.15) is 18.9 Å². The lowest BCUT2D eigenvalue weighted by Gasteiger charge is -2.09. The van der Waals surface area contributed by atoms with Gasteiger partial charge in [-0.3, -0.25) is 4.79 Å². The Morgan fingerprint density at radius 3 is 2.88 bits per heavy atom. The zero-order valence-electron chi connectivity index (χ0n) is 9.40. The Morgan fingerprint density at radius 1 is 1.44 bits per heavy atom. The molecule has 0 heterocycles. The van der Waals surface area contributed by atoms with Crippen molar-refractivity contribution in [2.45, 2.75) is 20.0 Å². The number of hydrogen-bond donors (Lipinski definition) is 2. The molecule has 0 radical (unpaired) electrons. The van der Waals surface area contributed by atoms with Gasteiger partial charge in [-0.1, -0.05) is 18.2 Å². The van der Waals surface area contributed by atoms with Crippen molar-refractivity contribution in [3.63, 3.8) is 0 Å². The topological polar surface area (TPSA) is 58.6 Å². The lowest BCUT2D eigenvalue weighted by Crippen LogP contribution is -2.22. The van der Waals surface area contributed by atoms with Crippen LogP contribution in [0.15, 0.2) is 24.3 Å². The third-order valence-electron chi connectivity index (χ3n) is 2.10. The average molecular weight is 223 g/mol. The Morgan fingerprint density at radius 2 is 2.19 bits per heavy atom. The van der Waals surface area contributed by atoms with Gasteiger partial charge in [0.25, 0.3) is 0 Å². The molecule has 1 aromatic rings. The lowest BCUT2D eigenvalue weighted by molar-refractivity contribution is -0.118. The maximum absolute atomic E-state index is 10.6. The van der Waals surface area contributed by atoms with E-state index < -0.39 is 0 Å². The summed E-state index contributed by atoms with van der Waals surface area (Å²) in [6.45, 7) is 2.59. The normalized spacial score (nSPS) is 9.88. The number of amides is 1. The molecule has 4 nitrogen and oxygen atoms in total. The number of benzene rings is 1. The van der Waals surface area contributed by atoms with Gasteiger partial charge in [-0.2, -0.15) is 0 Å². The number of carbonyl (C=O) groups is 1. The molecule has 0 aliphatic carbocycles. The minimum atomic E-state index is -0.0317. The van der Waals surface area contributed by atoms with E-state index in [1.165, 1.54) is 6.92 Å². The van der Waals surface area contributed by atoms with Crippen LogP contribution >= 0.6 is 0 Å². The SMILES string of the molecule is CC(=O)NCCCOc1ccccc1CO. The van der Waals surface area contributed by atoms with Gasteiger partial charge in [0.05, 0.1) is 13.2 Å². The summed E-state index contributed by atoms with van der Waals surface area (Å²) >= 11 is 0. The number of aliphatic hydroxyl groups excluding tert-OH is 1. The summed E-state index contributed by atoms with van der Waals surface area (Å²) < 4.78 is 5.50. The highest BCUT2D eigenvalue weighted by atomic mass is 16.5. The van der Waals surface area contributed by atoms with Crippen LogP contribution in [0, 0.1) is 0 Å². The molecule has 0 aromatic heterocycles. The maximum atomic E-state index is 10.6. The minimum Gasteiger partial charge on any atom is -0.493 e. The first-order chi connectivity index (χ1) is 7.74. The molecule has 0 spiro atoms. The van der Waals surface area contributed by atoms with E-state index in [1.807, 2.05) is 24.3 Å². The summed E-state index contributed by atoms with van der Waals surface area (Å²) in [5.74, 6) is 0.670. The number of carbonyl (C=O) groups excluding carboxylic acids is 1. The molecule has 1 aromatic carbocycles. The Hall–Kier alpha value is -1.55. The van der Waals surface area contributed by atoms with E-state index in [-0.39, 0.29) is 12.5 Å². The van der Waals surface area contributed by atoms with Gasteiger partial charge in [-0.05, 0) is 12.5 Å². The highest BCUT2D eigenvalue weighted by Gasteiger charge is 2.00. The highest BCUT2D eigenvalue weighted by molar-refractivity contribution is 5.72. The Balaban J connectivity index is 2.28. The van der Waals surface area contributed by atoms with Crippen LogP contribution in [0.5, 0.6) is 5.75 Å². The second-order valence-electron chi connectivity index (χ2n) is 3.45. The van der Waals surface area contributed by atoms with E-state index in [0.717, 1.165) is 12.0 Å². The maximum Gasteiger partial charge on any atom is 0.216 e. The van der Waals surface area contributed by atoms with Crippen molar-refractivity contribution in [1.29, 1.82) is 0 Å². The van der Waals surface area contributed by atoms with Crippen molar-refractivity contribution in [2.24, 2.45) is 0 Å². The number of nitrogens with one attached hydrogen (secondary N) is 1. The summed E-state index contributed by atoms with van der Waals surface area (Å²) in [6.07, 6.45) is 0.749. The van der Waals surface area contributed by atoms with Crippen molar-refractivity contribution < 1.29 is 14.6 Å². The van der Waals surface area contributed by atoms with Gasteiger partial charge in [-0.15, -0.1) is 0 Å². The van der Waals surface area contributed by atoms with Gasteiger partial charge in [0.1, 0.15) is 5.75 Å². The standard InChI is InChI=1S/C12H17NO3/c1-10(15)13-7-4-8-16-12-6-3-2-5-11(12)9-14/h2-3,5-6,14H,4,7-9H2,1H3,(H,13,15). The fraction of sp³-hybridized carbons (Fsp3) is 0.417. The van der Waals surface area contributed by atoms with Gasteiger partial charge in [0.15, 0.2) is 0 Å².